The van der Waals surface area contributed by atoms with Crippen molar-refractivity contribution in [2.24, 2.45) is 0 Å². The van der Waals surface area contributed by atoms with Gasteiger partial charge in [-0.25, -0.2) is 4.39 Å². The Balaban J connectivity index is 2.28. The van der Waals surface area contributed by atoms with Gasteiger partial charge in [0.05, 0.1) is 5.56 Å². The summed E-state index contributed by atoms with van der Waals surface area (Å²) in [7, 11) is 0. The van der Waals surface area contributed by atoms with Crippen molar-refractivity contribution < 1.29 is 9.18 Å². The van der Waals surface area contributed by atoms with Crippen LogP contribution in [-0.2, 0) is 0 Å². The minimum atomic E-state index is -0.351. The second kappa shape index (κ2) is 5.10. The number of hydrogen-bond donors (Lipinski definition) is 2. The predicted molar refractivity (Wildman–Crippen MR) is 74.7 cm³/mol. The predicted octanol–water partition coefficient (Wildman–Crippen LogP) is 3.28. The van der Waals surface area contributed by atoms with Crippen LogP contribution in [0, 0.1) is 19.7 Å². The number of benzene rings is 2. The zero-order chi connectivity index (χ0) is 14.0. The van der Waals surface area contributed by atoms with E-state index in [0.717, 1.165) is 5.56 Å². The van der Waals surface area contributed by atoms with Gasteiger partial charge in [-0.2, -0.15) is 0 Å². The normalized spacial score (nSPS) is 10.3. The topological polar surface area (TPSA) is 55.1 Å². The number of amides is 1. The Hall–Kier alpha value is -2.36. The monoisotopic (exact) mass is 258 g/mol. The molecule has 0 aliphatic heterocycles. The second-order valence-electron chi connectivity index (χ2n) is 4.46. The number of carbonyl (C=O) groups excluding carboxylic acids is 1. The molecule has 1 amide bonds. The van der Waals surface area contributed by atoms with Crippen molar-refractivity contribution in [1.29, 1.82) is 0 Å². The van der Waals surface area contributed by atoms with Gasteiger partial charge in [-0.3, -0.25) is 4.79 Å². The minimum absolute atomic E-state index is 0.334. The summed E-state index contributed by atoms with van der Waals surface area (Å²) in [6.45, 7) is 3.47. The highest BCUT2D eigenvalue weighted by molar-refractivity contribution is 6.08. The molecule has 2 aromatic rings. The summed E-state index contributed by atoms with van der Waals surface area (Å²) in [5.74, 6) is -0.686. The van der Waals surface area contributed by atoms with Crippen molar-refractivity contribution in [3.05, 3.63) is 58.9 Å². The highest BCUT2D eigenvalue weighted by atomic mass is 19.1. The number of aryl methyl sites for hydroxylation is 2. The van der Waals surface area contributed by atoms with E-state index in [-0.39, 0.29) is 11.7 Å². The molecule has 2 aromatic carbocycles. The van der Waals surface area contributed by atoms with Gasteiger partial charge < -0.3 is 11.1 Å². The smallest absolute Gasteiger partial charge is 0.258 e. The van der Waals surface area contributed by atoms with E-state index in [9.17, 15) is 9.18 Å². The van der Waals surface area contributed by atoms with E-state index < -0.39 is 0 Å². The number of rotatable bonds is 2. The Kier molecular flexibility index (Phi) is 3.51. The van der Waals surface area contributed by atoms with E-state index in [2.05, 4.69) is 5.32 Å². The number of anilines is 2. The van der Waals surface area contributed by atoms with E-state index in [1.54, 1.807) is 44.2 Å². The average molecular weight is 258 g/mol. The van der Waals surface area contributed by atoms with Crippen LogP contribution >= 0.6 is 0 Å². The standard InChI is InChI=1S/C15H15FN2O/c1-9-6-7-11(8-12(9)16)18-15(19)14-10(2)4-3-5-13(14)17/h3-8H,17H2,1-2H3,(H,18,19). The van der Waals surface area contributed by atoms with Gasteiger partial charge in [0.25, 0.3) is 5.91 Å². The molecule has 0 spiro atoms. The molecule has 3 nitrogen and oxygen atoms in total. The van der Waals surface area contributed by atoms with Gasteiger partial charge in [-0.15, -0.1) is 0 Å². The quantitative estimate of drug-likeness (QED) is 0.812. The molecule has 0 saturated heterocycles. The fourth-order valence-corrected chi connectivity index (χ4v) is 1.86. The summed E-state index contributed by atoms with van der Waals surface area (Å²) >= 11 is 0. The van der Waals surface area contributed by atoms with Gasteiger partial charge in [0, 0.05) is 11.4 Å². The van der Waals surface area contributed by atoms with Crippen LogP contribution in [0.25, 0.3) is 0 Å². The maximum absolute atomic E-state index is 13.4. The van der Waals surface area contributed by atoms with Crippen LogP contribution in [0.15, 0.2) is 36.4 Å². The fraction of sp³-hybridized carbons (Fsp3) is 0.133. The molecule has 0 fully saturated rings. The van der Waals surface area contributed by atoms with Crippen LogP contribution in [0.5, 0.6) is 0 Å². The summed E-state index contributed by atoms with van der Waals surface area (Å²) < 4.78 is 13.4. The van der Waals surface area contributed by atoms with Crippen molar-refractivity contribution in [3.63, 3.8) is 0 Å². The number of carbonyl (C=O) groups is 1. The van der Waals surface area contributed by atoms with Crippen molar-refractivity contribution >= 4 is 17.3 Å². The molecule has 3 N–H and O–H groups in total. The lowest BCUT2D eigenvalue weighted by atomic mass is 10.1. The van der Waals surface area contributed by atoms with Crippen molar-refractivity contribution in [3.8, 4) is 0 Å². The van der Waals surface area contributed by atoms with Crippen LogP contribution in [0.3, 0.4) is 0 Å². The first kappa shape index (κ1) is 13.1. The average Bonchev–Trinajstić information content (AvgIpc) is 2.33. The molecule has 0 saturated carbocycles. The van der Waals surface area contributed by atoms with Crippen molar-refractivity contribution in [1.82, 2.24) is 0 Å². The molecule has 0 atom stereocenters. The lowest BCUT2D eigenvalue weighted by Crippen LogP contribution is -2.15. The Labute approximate surface area is 111 Å². The van der Waals surface area contributed by atoms with Crippen molar-refractivity contribution in [2.45, 2.75) is 13.8 Å². The second-order valence-corrected chi connectivity index (χ2v) is 4.46. The number of halogens is 1. The van der Waals surface area contributed by atoms with E-state index >= 15 is 0 Å². The van der Waals surface area contributed by atoms with E-state index in [1.807, 2.05) is 0 Å². The number of nitrogen functional groups attached to an aromatic ring is 1. The zero-order valence-electron chi connectivity index (χ0n) is 10.8. The van der Waals surface area contributed by atoms with Gasteiger partial charge in [-0.05, 0) is 43.2 Å². The highest BCUT2D eigenvalue weighted by Gasteiger charge is 2.13. The third-order valence-electron chi connectivity index (χ3n) is 2.96. The van der Waals surface area contributed by atoms with Crippen LogP contribution in [0.1, 0.15) is 21.5 Å². The summed E-state index contributed by atoms with van der Waals surface area (Å²) in [5.41, 5.74) is 8.35. The minimum Gasteiger partial charge on any atom is -0.398 e. The number of hydrogen-bond acceptors (Lipinski definition) is 2. The number of nitrogens with two attached hydrogens (primary N) is 1. The third kappa shape index (κ3) is 2.73. The largest absolute Gasteiger partial charge is 0.398 e. The molecule has 0 radical (unpaired) electrons. The molecular formula is C15H15FN2O. The maximum Gasteiger partial charge on any atom is 0.258 e. The zero-order valence-corrected chi connectivity index (χ0v) is 10.8. The van der Waals surface area contributed by atoms with Gasteiger partial charge in [0.15, 0.2) is 0 Å². The Morgan fingerprint density at radius 2 is 1.89 bits per heavy atom. The van der Waals surface area contributed by atoms with Gasteiger partial charge in [-0.1, -0.05) is 18.2 Å². The third-order valence-corrected chi connectivity index (χ3v) is 2.96. The Bertz CT molecular complexity index is 618. The van der Waals surface area contributed by atoms with Gasteiger partial charge in [0.2, 0.25) is 0 Å². The summed E-state index contributed by atoms with van der Waals surface area (Å²) in [6, 6.07) is 9.82. The molecule has 0 aromatic heterocycles. The Morgan fingerprint density at radius 1 is 1.16 bits per heavy atom. The lowest BCUT2D eigenvalue weighted by molar-refractivity contribution is 0.102. The molecule has 2 rings (SSSR count). The van der Waals surface area contributed by atoms with Crippen LogP contribution in [-0.4, -0.2) is 5.91 Å². The fourth-order valence-electron chi connectivity index (χ4n) is 1.86. The van der Waals surface area contributed by atoms with Crippen LogP contribution < -0.4 is 11.1 Å². The molecule has 0 bridgehead atoms. The summed E-state index contributed by atoms with van der Waals surface area (Å²) in [4.78, 5) is 12.1. The molecule has 0 aliphatic carbocycles. The number of nitrogens with one attached hydrogen (secondary N) is 1. The molecule has 4 heteroatoms. The summed E-state index contributed by atoms with van der Waals surface area (Å²) in [5, 5.41) is 2.65. The van der Waals surface area contributed by atoms with Crippen LogP contribution in [0.4, 0.5) is 15.8 Å². The molecule has 0 unspecified atom stereocenters. The molecule has 0 heterocycles. The molecule has 19 heavy (non-hydrogen) atoms. The lowest BCUT2D eigenvalue weighted by Gasteiger charge is -2.10. The van der Waals surface area contributed by atoms with Crippen LogP contribution in [0.2, 0.25) is 0 Å². The van der Waals surface area contributed by atoms with E-state index in [0.29, 0.717) is 22.5 Å². The van der Waals surface area contributed by atoms with E-state index in [4.69, 9.17) is 5.73 Å². The SMILES string of the molecule is Cc1ccc(NC(=O)c2c(C)cccc2N)cc1F. The van der Waals surface area contributed by atoms with Gasteiger partial charge >= 0.3 is 0 Å². The van der Waals surface area contributed by atoms with Crippen molar-refractivity contribution in [2.75, 3.05) is 11.1 Å². The summed E-state index contributed by atoms with van der Waals surface area (Å²) in [6.07, 6.45) is 0. The molecular weight excluding hydrogens is 243 g/mol. The first-order chi connectivity index (χ1) is 8.99. The molecule has 0 aliphatic rings. The Morgan fingerprint density at radius 3 is 2.53 bits per heavy atom. The highest BCUT2D eigenvalue weighted by Crippen LogP contribution is 2.19. The molecule has 98 valence electrons. The van der Waals surface area contributed by atoms with Gasteiger partial charge in [0.1, 0.15) is 5.82 Å². The maximum atomic E-state index is 13.4. The first-order valence-corrected chi connectivity index (χ1v) is 5.91. The van der Waals surface area contributed by atoms with E-state index in [1.165, 1.54) is 6.07 Å². The first-order valence-electron chi connectivity index (χ1n) is 5.91.